The molecule has 4 heteroatoms. The summed E-state index contributed by atoms with van der Waals surface area (Å²) in [5.74, 6) is 1.78. The minimum atomic E-state index is -0.212. The third-order valence-electron chi connectivity index (χ3n) is 3.76. The Morgan fingerprint density at radius 3 is 2.95 bits per heavy atom. The van der Waals surface area contributed by atoms with Crippen LogP contribution in [0.4, 0.5) is 0 Å². The monoisotopic (exact) mass is 269 g/mol. The van der Waals surface area contributed by atoms with Gasteiger partial charge in [0.05, 0.1) is 12.3 Å². The Labute approximate surface area is 119 Å². The van der Waals surface area contributed by atoms with Crippen LogP contribution >= 0.6 is 0 Å². The molecule has 0 amide bonds. The molecule has 1 aromatic carbocycles. The van der Waals surface area contributed by atoms with Crippen molar-refractivity contribution in [1.82, 2.24) is 9.97 Å². The van der Waals surface area contributed by atoms with Crippen molar-refractivity contribution in [2.24, 2.45) is 5.73 Å². The molecule has 0 saturated heterocycles. The van der Waals surface area contributed by atoms with E-state index < -0.39 is 0 Å². The van der Waals surface area contributed by atoms with E-state index in [-0.39, 0.29) is 5.41 Å². The Morgan fingerprint density at radius 2 is 2.15 bits per heavy atom. The second-order valence-corrected chi connectivity index (χ2v) is 5.77. The summed E-state index contributed by atoms with van der Waals surface area (Å²) >= 11 is 0. The molecule has 0 bridgehead atoms. The Bertz CT molecular complexity index is 637. The fourth-order valence-corrected chi connectivity index (χ4v) is 2.28. The molecular weight excluding hydrogens is 250 g/mol. The van der Waals surface area contributed by atoms with Crippen LogP contribution < -0.4 is 10.5 Å². The van der Waals surface area contributed by atoms with Crippen LogP contribution in [0, 0.1) is 0 Å². The van der Waals surface area contributed by atoms with Gasteiger partial charge in [-0.1, -0.05) is 13.8 Å². The predicted molar refractivity (Wildman–Crippen MR) is 78.7 cm³/mol. The molecule has 0 saturated carbocycles. The lowest BCUT2D eigenvalue weighted by Crippen LogP contribution is -2.30. The third kappa shape index (κ3) is 2.27. The van der Waals surface area contributed by atoms with Gasteiger partial charge in [0.2, 0.25) is 0 Å². The molecule has 20 heavy (non-hydrogen) atoms. The number of benzene rings is 1. The molecule has 2 N–H and O–H groups in total. The fourth-order valence-electron chi connectivity index (χ4n) is 2.28. The quantitative estimate of drug-likeness (QED) is 0.929. The Balaban J connectivity index is 2.00. The lowest BCUT2D eigenvalue weighted by molar-refractivity contribution is 0.357. The lowest BCUT2D eigenvalue weighted by Gasteiger charge is -2.20. The van der Waals surface area contributed by atoms with Crippen LogP contribution in [0.3, 0.4) is 0 Å². The van der Waals surface area contributed by atoms with E-state index in [1.54, 1.807) is 6.20 Å². The first-order valence-electron chi connectivity index (χ1n) is 6.90. The topological polar surface area (TPSA) is 61.0 Å². The molecular formula is C16H19N3O. The Kier molecular flexibility index (Phi) is 3.18. The summed E-state index contributed by atoms with van der Waals surface area (Å²) in [6.45, 7) is 5.41. The minimum absolute atomic E-state index is 0.212. The van der Waals surface area contributed by atoms with E-state index in [1.807, 2.05) is 18.2 Å². The normalized spacial score (nSPS) is 13.9. The Hall–Kier alpha value is -1.94. The third-order valence-corrected chi connectivity index (χ3v) is 3.76. The first-order chi connectivity index (χ1) is 9.60. The highest BCUT2D eigenvalue weighted by Crippen LogP contribution is 2.30. The highest BCUT2D eigenvalue weighted by atomic mass is 16.5. The number of nitrogens with zero attached hydrogens (tertiary/aromatic N) is 2. The number of rotatable bonds is 3. The molecule has 0 unspecified atom stereocenters. The lowest BCUT2D eigenvalue weighted by atomic mass is 9.92. The highest BCUT2D eigenvalue weighted by Gasteiger charge is 2.22. The zero-order valence-electron chi connectivity index (χ0n) is 11.9. The van der Waals surface area contributed by atoms with Crippen molar-refractivity contribution in [3.63, 3.8) is 0 Å². The van der Waals surface area contributed by atoms with Gasteiger partial charge in [0.15, 0.2) is 0 Å². The summed E-state index contributed by atoms with van der Waals surface area (Å²) in [6.07, 6.45) is 2.77. The number of ether oxygens (including phenoxy) is 1. The van der Waals surface area contributed by atoms with Crippen molar-refractivity contribution < 1.29 is 4.74 Å². The molecule has 0 aliphatic carbocycles. The summed E-state index contributed by atoms with van der Waals surface area (Å²) in [6, 6.07) is 8.16. The van der Waals surface area contributed by atoms with Gasteiger partial charge >= 0.3 is 0 Å². The molecule has 1 aromatic heterocycles. The molecule has 1 aliphatic heterocycles. The van der Waals surface area contributed by atoms with Crippen LogP contribution in [0.15, 0.2) is 30.5 Å². The number of nitrogens with two attached hydrogens (primary N) is 1. The molecule has 3 rings (SSSR count). The molecule has 2 aromatic rings. The van der Waals surface area contributed by atoms with Gasteiger partial charge in [-0.3, -0.25) is 0 Å². The number of hydrogen-bond acceptors (Lipinski definition) is 4. The van der Waals surface area contributed by atoms with E-state index in [0.29, 0.717) is 6.54 Å². The van der Waals surface area contributed by atoms with E-state index in [4.69, 9.17) is 10.5 Å². The van der Waals surface area contributed by atoms with Crippen molar-refractivity contribution in [1.29, 1.82) is 0 Å². The van der Waals surface area contributed by atoms with Crippen LogP contribution in [-0.2, 0) is 11.8 Å². The van der Waals surface area contributed by atoms with Gasteiger partial charge in [-0.25, -0.2) is 9.97 Å². The molecule has 104 valence electrons. The molecule has 0 radical (unpaired) electrons. The number of fused-ring (bicyclic) bond motifs is 1. The summed E-state index contributed by atoms with van der Waals surface area (Å²) in [5.41, 5.74) is 8.88. The van der Waals surface area contributed by atoms with E-state index in [9.17, 15) is 0 Å². The second-order valence-electron chi connectivity index (χ2n) is 5.77. The Morgan fingerprint density at radius 1 is 1.30 bits per heavy atom. The molecule has 1 aliphatic rings. The van der Waals surface area contributed by atoms with Crippen molar-refractivity contribution in [2.75, 3.05) is 13.2 Å². The first-order valence-corrected chi connectivity index (χ1v) is 6.90. The first kappa shape index (κ1) is 13.1. The largest absolute Gasteiger partial charge is 0.493 e. The van der Waals surface area contributed by atoms with Crippen LogP contribution in [0.1, 0.15) is 25.2 Å². The molecule has 2 heterocycles. The summed E-state index contributed by atoms with van der Waals surface area (Å²) in [7, 11) is 0. The maximum atomic E-state index is 5.80. The van der Waals surface area contributed by atoms with Crippen LogP contribution in [-0.4, -0.2) is 23.1 Å². The van der Waals surface area contributed by atoms with Gasteiger partial charge in [-0.2, -0.15) is 0 Å². The van der Waals surface area contributed by atoms with Gasteiger partial charge in [-0.05, 0) is 29.8 Å². The standard InChI is InChI=1S/C16H19N3O/c1-16(2,10-17)15-18-7-5-13(19-15)11-3-4-14-12(9-11)6-8-20-14/h3-5,7,9H,6,8,10,17H2,1-2H3. The predicted octanol–water partition coefficient (Wildman–Crippen LogP) is 2.31. The van der Waals surface area contributed by atoms with E-state index >= 15 is 0 Å². The highest BCUT2D eigenvalue weighted by molar-refractivity contribution is 5.62. The van der Waals surface area contributed by atoms with Crippen LogP contribution in [0.5, 0.6) is 5.75 Å². The zero-order valence-corrected chi connectivity index (χ0v) is 11.9. The average molecular weight is 269 g/mol. The van der Waals surface area contributed by atoms with Gasteiger partial charge < -0.3 is 10.5 Å². The number of hydrogen-bond donors (Lipinski definition) is 1. The maximum Gasteiger partial charge on any atom is 0.135 e. The van der Waals surface area contributed by atoms with Crippen molar-refractivity contribution in [2.45, 2.75) is 25.7 Å². The molecule has 0 spiro atoms. The van der Waals surface area contributed by atoms with Crippen molar-refractivity contribution in [3.8, 4) is 17.0 Å². The van der Waals surface area contributed by atoms with Crippen molar-refractivity contribution >= 4 is 0 Å². The average Bonchev–Trinajstić information content (AvgIpc) is 2.94. The fraction of sp³-hybridized carbons (Fsp3) is 0.375. The van der Waals surface area contributed by atoms with Gasteiger partial charge in [0.25, 0.3) is 0 Å². The van der Waals surface area contributed by atoms with E-state index in [0.717, 1.165) is 35.9 Å². The number of aromatic nitrogens is 2. The van der Waals surface area contributed by atoms with Crippen LogP contribution in [0.2, 0.25) is 0 Å². The van der Waals surface area contributed by atoms with Gasteiger partial charge in [-0.15, -0.1) is 0 Å². The SMILES string of the molecule is CC(C)(CN)c1nccc(-c2ccc3c(c2)CCO3)n1. The molecule has 0 atom stereocenters. The van der Waals surface area contributed by atoms with E-state index in [1.165, 1.54) is 5.56 Å². The second kappa shape index (κ2) is 4.87. The van der Waals surface area contributed by atoms with Gasteiger partial charge in [0.1, 0.15) is 11.6 Å². The summed E-state index contributed by atoms with van der Waals surface area (Å²) in [4.78, 5) is 9.04. The van der Waals surface area contributed by atoms with Gasteiger partial charge in [0, 0.05) is 30.1 Å². The molecule has 4 nitrogen and oxygen atoms in total. The van der Waals surface area contributed by atoms with E-state index in [2.05, 4.69) is 29.9 Å². The smallest absolute Gasteiger partial charge is 0.135 e. The summed E-state index contributed by atoms with van der Waals surface area (Å²) < 4.78 is 5.54. The summed E-state index contributed by atoms with van der Waals surface area (Å²) in [5, 5.41) is 0. The minimum Gasteiger partial charge on any atom is -0.493 e. The van der Waals surface area contributed by atoms with Crippen LogP contribution in [0.25, 0.3) is 11.3 Å². The van der Waals surface area contributed by atoms with Crippen molar-refractivity contribution in [3.05, 3.63) is 41.9 Å². The maximum absolute atomic E-state index is 5.80. The zero-order chi connectivity index (χ0) is 14.2. The molecule has 0 fully saturated rings.